The summed E-state index contributed by atoms with van der Waals surface area (Å²) in [7, 11) is 0. The van der Waals surface area contributed by atoms with E-state index in [1.54, 1.807) is 6.20 Å². The van der Waals surface area contributed by atoms with Crippen LogP contribution >= 0.6 is 11.6 Å². The predicted molar refractivity (Wildman–Crippen MR) is 113 cm³/mol. The number of carboxylic acid groups (broad SMARTS) is 1. The molecule has 0 amide bonds. The van der Waals surface area contributed by atoms with E-state index < -0.39 is 5.97 Å². The third kappa shape index (κ3) is 7.41. The second-order valence-electron chi connectivity index (χ2n) is 6.86. The summed E-state index contributed by atoms with van der Waals surface area (Å²) in [6, 6.07) is 13.6. The van der Waals surface area contributed by atoms with Crippen LogP contribution in [0.1, 0.15) is 45.9 Å². The van der Waals surface area contributed by atoms with E-state index in [4.69, 9.17) is 21.4 Å². The quantitative estimate of drug-likeness (QED) is 0.581. The van der Waals surface area contributed by atoms with Crippen molar-refractivity contribution in [3.05, 3.63) is 64.9 Å². The molecule has 28 heavy (non-hydrogen) atoms. The summed E-state index contributed by atoms with van der Waals surface area (Å²) < 4.78 is 6.47. The van der Waals surface area contributed by atoms with Crippen molar-refractivity contribution in [1.29, 1.82) is 0 Å². The molecule has 148 valence electrons. The Hall–Kier alpha value is -0.469. The number of hydrogen-bond acceptors (Lipinski definition) is 4. The fourth-order valence-corrected chi connectivity index (χ4v) is 3.53. The molecule has 0 unspecified atom stereocenters. The third-order valence-corrected chi connectivity index (χ3v) is 5.11. The van der Waals surface area contributed by atoms with Crippen LogP contribution in [0.4, 0.5) is 0 Å². The van der Waals surface area contributed by atoms with Crippen LogP contribution in [0.15, 0.2) is 48.7 Å². The summed E-state index contributed by atoms with van der Waals surface area (Å²) in [6.07, 6.45) is 4.52. The van der Waals surface area contributed by atoms with Crippen LogP contribution in [-0.4, -0.2) is 92.2 Å². The van der Waals surface area contributed by atoms with Gasteiger partial charge >= 0.3 is 51.5 Å². The third-order valence-electron chi connectivity index (χ3n) is 4.86. The first-order chi connectivity index (χ1) is 13.1. The molecule has 0 saturated carbocycles. The average Bonchev–Trinajstić information content (AvgIpc) is 2.68. The summed E-state index contributed by atoms with van der Waals surface area (Å²) in [4.78, 5) is 17.5. The maximum absolute atomic E-state index is 10.7. The minimum Gasteiger partial charge on any atom is -1.00 e. The van der Waals surface area contributed by atoms with Gasteiger partial charge in [-0.2, -0.15) is 0 Å². The summed E-state index contributed by atoms with van der Waals surface area (Å²) in [5.41, 5.74) is 1.94. The van der Waals surface area contributed by atoms with Gasteiger partial charge in [-0.05, 0) is 55.6 Å². The van der Waals surface area contributed by atoms with Crippen molar-refractivity contribution >= 4 is 63.1 Å². The molecule has 1 saturated heterocycles. The van der Waals surface area contributed by atoms with Gasteiger partial charge in [-0.1, -0.05) is 29.8 Å². The number of likely N-dealkylation sites (tertiary alicyclic amines) is 1. The second-order valence-corrected chi connectivity index (χ2v) is 7.30. The molecule has 1 N–H and O–H groups in total. The van der Waals surface area contributed by atoms with Crippen LogP contribution in [0.2, 0.25) is 5.02 Å². The van der Waals surface area contributed by atoms with Gasteiger partial charge in [0.25, 0.3) is 0 Å². The SMILES string of the molecule is O=C(O)CCCN1CCC(O[C@@H](c2ccc(Cl)cc2)c2ccccn2)CC1.[H-].[H-].[Sr+2]. The summed E-state index contributed by atoms with van der Waals surface area (Å²) in [5, 5.41) is 9.47. The standard InChI is InChI=1S/C21H25ClN2O3.Sr.2H/c22-17-8-6-16(7-9-17)21(19-4-1-2-12-23-19)27-18-10-14-24(15-11-18)13-3-5-20(25)26;;;/h1-2,4,6-9,12,18,21H,3,5,10-11,13-15H2,(H,25,26);;;/q;+2;2*-1/t21-;;;/m0.../s1. The molecule has 0 bridgehead atoms. The Bertz CT molecular complexity index is 733. The van der Waals surface area contributed by atoms with Crippen molar-refractivity contribution in [3.63, 3.8) is 0 Å². The number of pyridine rings is 1. The van der Waals surface area contributed by atoms with Crippen molar-refractivity contribution in [2.24, 2.45) is 0 Å². The maximum Gasteiger partial charge on any atom is 2.00 e. The molecule has 1 aromatic carbocycles. The molecule has 1 aliphatic rings. The van der Waals surface area contributed by atoms with Crippen LogP contribution in [0, 0.1) is 0 Å². The number of nitrogens with zero attached hydrogens (tertiary/aromatic N) is 2. The average molecular weight is 479 g/mol. The van der Waals surface area contributed by atoms with E-state index in [1.165, 1.54) is 0 Å². The zero-order valence-corrected chi connectivity index (χ0v) is 20.2. The predicted octanol–water partition coefficient (Wildman–Crippen LogP) is 4.01. The fraction of sp³-hybridized carbons (Fsp3) is 0.429. The molecule has 1 aliphatic heterocycles. The number of hydrogen-bond donors (Lipinski definition) is 1. The van der Waals surface area contributed by atoms with Gasteiger partial charge in [0.2, 0.25) is 0 Å². The van der Waals surface area contributed by atoms with Gasteiger partial charge in [0.05, 0.1) is 11.8 Å². The largest absolute Gasteiger partial charge is 2.00 e. The fourth-order valence-electron chi connectivity index (χ4n) is 3.40. The van der Waals surface area contributed by atoms with Crippen LogP contribution < -0.4 is 0 Å². The van der Waals surface area contributed by atoms with Gasteiger partial charge in [-0.15, -0.1) is 0 Å². The van der Waals surface area contributed by atoms with E-state index in [-0.39, 0.29) is 67.0 Å². The molecule has 2 heterocycles. The first kappa shape index (κ1) is 23.8. The van der Waals surface area contributed by atoms with Crippen LogP contribution in [0.25, 0.3) is 0 Å². The van der Waals surface area contributed by atoms with Crippen molar-refractivity contribution in [3.8, 4) is 0 Å². The number of benzene rings is 1. The minimum absolute atomic E-state index is 0. The monoisotopic (exact) mass is 478 g/mol. The van der Waals surface area contributed by atoms with Crippen molar-refractivity contribution < 1.29 is 17.5 Å². The van der Waals surface area contributed by atoms with E-state index in [2.05, 4.69) is 9.88 Å². The molecule has 2 aromatic rings. The molecule has 3 rings (SSSR count). The summed E-state index contributed by atoms with van der Waals surface area (Å²) >= 11 is 6.03. The minimum atomic E-state index is -0.727. The molecule has 1 aromatic heterocycles. The number of aliphatic carboxylic acids is 1. The van der Waals surface area contributed by atoms with Crippen molar-refractivity contribution in [2.45, 2.75) is 37.9 Å². The van der Waals surface area contributed by atoms with E-state index in [0.29, 0.717) is 11.4 Å². The van der Waals surface area contributed by atoms with Crippen LogP contribution in [0.3, 0.4) is 0 Å². The smallest absolute Gasteiger partial charge is 1.00 e. The Kier molecular flexibility index (Phi) is 10.4. The molecule has 1 atom stereocenters. The normalized spacial score (nSPS) is 16.3. The number of aromatic nitrogens is 1. The number of piperidine rings is 1. The molecule has 0 aliphatic carbocycles. The molecular formula is C21H27ClN2O3Sr. The van der Waals surface area contributed by atoms with E-state index in [9.17, 15) is 4.79 Å². The molecule has 0 spiro atoms. The Morgan fingerprint density at radius 2 is 1.96 bits per heavy atom. The van der Waals surface area contributed by atoms with Crippen molar-refractivity contribution in [1.82, 2.24) is 9.88 Å². The first-order valence-corrected chi connectivity index (χ1v) is 9.75. The zero-order chi connectivity index (χ0) is 19.1. The van der Waals surface area contributed by atoms with Gasteiger partial charge in [-0.25, -0.2) is 0 Å². The van der Waals surface area contributed by atoms with Crippen LogP contribution in [0.5, 0.6) is 0 Å². The first-order valence-electron chi connectivity index (χ1n) is 9.38. The van der Waals surface area contributed by atoms with E-state index in [1.807, 2.05) is 42.5 Å². The van der Waals surface area contributed by atoms with E-state index in [0.717, 1.165) is 43.7 Å². The molecule has 1 fully saturated rings. The number of halogens is 1. The number of ether oxygens (including phenoxy) is 1. The number of carbonyl (C=O) groups is 1. The Balaban J connectivity index is 0.00000280. The van der Waals surface area contributed by atoms with E-state index >= 15 is 0 Å². The summed E-state index contributed by atoms with van der Waals surface area (Å²) in [5.74, 6) is -0.727. The molecule has 5 nitrogen and oxygen atoms in total. The number of rotatable bonds is 8. The van der Waals surface area contributed by atoms with Crippen molar-refractivity contribution in [2.75, 3.05) is 19.6 Å². The van der Waals surface area contributed by atoms with Gasteiger partial charge < -0.3 is 17.6 Å². The second kappa shape index (κ2) is 12.3. The van der Waals surface area contributed by atoms with Gasteiger partial charge in [0, 0.05) is 30.7 Å². The van der Waals surface area contributed by atoms with Gasteiger partial charge in [0.15, 0.2) is 0 Å². The summed E-state index contributed by atoms with van der Waals surface area (Å²) in [6.45, 7) is 2.69. The Labute approximate surface area is 211 Å². The molecule has 0 radical (unpaired) electrons. The Morgan fingerprint density at radius 3 is 2.57 bits per heavy atom. The maximum atomic E-state index is 10.7. The Morgan fingerprint density at radius 1 is 1.25 bits per heavy atom. The van der Waals surface area contributed by atoms with Gasteiger partial charge in [-0.3, -0.25) is 9.78 Å². The topological polar surface area (TPSA) is 62.7 Å². The number of carboxylic acids is 1. The zero-order valence-electron chi connectivity index (χ0n) is 18.0. The molecular weight excluding hydrogens is 451 g/mol. The molecule has 7 heteroatoms. The van der Waals surface area contributed by atoms with Gasteiger partial charge in [0.1, 0.15) is 6.10 Å². The van der Waals surface area contributed by atoms with Crippen LogP contribution in [-0.2, 0) is 9.53 Å².